The van der Waals surface area contributed by atoms with Crippen LogP contribution in [0.4, 0.5) is 5.69 Å². The summed E-state index contributed by atoms with van der Waals surface area (Å²) >= 11 is 3.06. The van der Waals surface area contributed by atoms with Crippen molar-refractivity contribution in [1.82, 2.24) is 14.8 Å². The highest BCUT2D eigenvalue weighted by Gasteiger charge is 2.19. The van der Waals surface area contributed by atoms with Crippen LogP contribution in [-0.2, 0) is 11.8 Å². The van der Waals surface area contributed by atoms with Gasteiger partial charge >= 0.3 is 0 Å². The van der Waals surface area contributed by atoms with Gasteiger partial charge in [0.05, 0.1) is 12.9 Å². The molecule has 0 saturated heterocycles. The van der Waals surface area contributed by atoms with Crippen LogP contribution in [0.25, 0.3) is 22.5 Å². The first-order valence-electron chi connectivity index (χ1n) is 10.1. The number of ether oxygens (including phenoxy) is 1. The van der Waals surface area contributed by atoms with Crippen molar-refractivity contribution in [3.05, 3.63) is 64.4 Å². The molecule has 0 unspecified atom stereocenters. The number of carbonyl (C=O) groups excluding carboxylic acids is 1. The number of carbonyl (C=O) groups is 1. The van der Waals surface area contributed by atoms with E-state index in [-0.39, 0.29) is 11.7 Å². The van der Waals surface area contributed by atoms with Crippen LogP contribution in [0.5, 0.6) is 5.75 Å². The second-order valence-electron chi connectivity index (χ2n) is 7.38. The Labute approximate surface area is 195 Å². The van der Waals surface area contributed by atoms with Crippen molar-refractivity contribution in [2.24, 2.45) is 7.05 Å². The number of thioether (sulfide) groups is 1. The van der Waals surface area contributed by atoms with Crippen LogP contribution in [-0.4, -0.2) is 33.5 Å². The van der Waals surface area contributed by atoms with Gasteiger partial charge in [-0.3, -0.25) is 4.79 Å². The van der Waals surface area contributed by atoms with Gasteiger partial charge in [-0.05, 0) is 31.5 Å². The third kappa shape index (κ3) is 4.71. The fourth-order valence-corrected chi connectivity index (χ4v) is 4.98. The standard InChI is InChI=1S/C24H24N4O2S2/c1-15-8-10-17(11-9-15)22-16(2)31-13-20(22)23-26-27-24(28(23)3)32-14-21(29)25-18-6-5-7-19(12-18)30-4/h5-13H,14H2,1-4H3,(H,25,29). The summed E-state index contributed by atoms with van der Waals surface area (Å²) in [5.41, 5.74) is 5.33. The third-order valence-corrected chi connectivity index (χ3v) is 7.01. The Bertz CT molecular complexity index is 1250. The van der Waals surface area contributed by atoms with Gasteiger partial charge in [0, 0.05) is 40.2 Å². The lowest BCUT2D eigenvalue weighted by Crippen LogP contribution is -2.14. The first-order chi connectivity index (χ1) is 15.5. The highest BCUT2D eigenvalue weighted by molar-refractivity contribution is 7.99. The van der Waals surface area contributed by atoms with Crippen LogP contribution < -0.4 is 10.1 Å². The third-order valence-electron chi connectivity index (χ3n) is 5.08. The van der Waals surface area contributed by atoms with E-state index in [4.69, 9.17) is 4.74 Å². The van der Waals surface area contributed by atoms with E-state index in [1.54, 1.807) is 24.5 Å². The topological polar surface area (TPSA) is 69.0 Å². The molecule has 32 heavy (non-hydrogen) atoms. The summed E-state index contributed by atoms with van der Waals surface area (Å²) in [4.78, 5) is 13.6. The zero-order chi connectivity index (χ0) is 22.7. The monoisotopic (exact) mass is 464 g/mol. The van der Waals surface area contributed by atoms with Gasteiger partial charge in [0.25, 0.3) is 0 Å². The minimum Gasteiger partial charge on any atom is -0.497 e. The van der Waals surface area contributed by atoms with Crippen molar-refractivity contribution < 1.29 is 9.53 Å². The molecule has 4 aromatic rings. The Hall–Kier alpha value is -3.10. The molecule has 0 saturated carbocycles. The van der Waals surface area contributed by atoms with Crippen LogP contribution >= 0.6 is 23.1 Å². The van der Waals surface area contributed by atoms with Crippen LogP contribution in [0, 0.1) is 13.8 Å². The van der Waals surface area contributed by atoms with Crippen LogP contribution in [0.2, 0.25) is 0 Å². The van der Waals surface area contributed by atoms with E-state index in [0.717, 1.165) is 11.4 Å². The molecule has 0 atom stereocenters. The summed E-state index contributed by atoms with van der Waals surface area (Å²) in [7, 11) is 3.53. The van der Waals surface area contributed by atoms with Crippen molar-refractivity contribution in [2.75, 3.05) is 18.2 Å². The molecule has 0 spiro atoms. The van der Waals surface area contributed by atoms with Gasteiger partial charge in [-0.15, -0.1) is 21.5 Å². The molecule has 0 bridgehead atoms. The van der Waals surface area contributed by atoms with E-state index >= 15 is 0 Å². The lowest BCUT2D eigenvalue weighted by atomic mass is 10.0. The zero-order valence-electron chi connectivity index (χ0n) is 18.4. The Morgan fingerprint density at radius 1 is 1.16 bits per heavy atom. The number of anilines is 1. The van der Waals surface area contributed by atoms with Crippen molar-refractivity contribution in [1.29, 1.82) is 0 Å². The van der Waals surface area contributed by atoms with Crippen LogP contribution in [0.3, 0.4) is 0 Å². The minimum atomic E-state index is -0.112. The SMILES string of the molecule is COc1cccc(NC(=O)CSc2nnc(-c3csc(C)c3-c3ccc(C)cc3)n2C)c1. The molecule has 8 heteroatoms. The summed E-state index contributed by atoms with van der Waals surface area (Å²) in [6.07, 6.45) is 0. The molecule has 0 aliphatic rings. The largest absolute Gasteiger partial charge is 0.497 e. The van der Waals surface area contributed by atoms with Crippen LogP contribution in [0.1, 0.15) is 10.4 Å². The summed E-state index contributed by atoms with van der Waals surface area (Å²) in [5, 5.41) is 14.5. The molecule has 2 aromatic carbocycles. The number of amides is 1. The van der Waals surface area contributed by atoms with Gasteiger partial charge in [-0.2, -0.15) is 0 Å². The smallest absolute Gasteiger partial charge is 0.234 e. The number of thiophene rings is 1. The molecule has 0 radical (unpaired) electrons. The Morgan fingerprint density at radius 2 is 1.94 bits per heavy atom. The molecular weight excluding hydrogens is 440 g/mol. The average Bonchev–Trinajstić information content (AvgIpc) is 3.35. The number of methoxy groups -OCH3 is 1. The number of hydrogen-bond donors (Lipinski definition) is 1. The maximum absolute atomic E-state index is 12.4. The summed E-state index contributed by atoms with van der Waals surface area (Å²) in [5.74, 6) is 1.61. The molecule has 2 heterocycles. The number of hydrogen-bond acceptors (Lipinski definition) is 6. The Kier molecular flexibility index (Phi) is 6.62. The lowest BCUT2D eigenvalue weighted by Gasteiger charge is -2.08. The fraction of sp³-hybridized carbons (Fsp3) is 0.208. The molecular formula is C24H24N4O2S2. The Morgan fingerprint density at radius 3 is 2.69 bits per heavy atom. The minimum absolute atomic E-state index is 0.112. The van der Waals surface area contributed by atoms with Gasteiger partial charge in [-0.25, -0.2) is 0 Å². The van der Waals surface area contributed by atoms with Gasteiger partial charge in [0.1, 0.15) is 5.75 Å². The quantitative estimate of drug-likeness (QED) is 0.362. The fourth-order valence-electron chi connectivity index (χ4n) is 3.40. The van der Waals surface area contributed by atoms with E-state index in [1.807, 2.05) is 29.8 Å². The number of aromatic nitrogens is 3. The van der Waals surface area contributed by atoms with Gasteiger partial charge in [0.2, 0.25) is 5.91 Å². The average molecular weight is 465 g/mol. The first kappa shape index (κ1) is 22.1. The molecule has 0 fully saturated rings. The van der Waals surface area contributed by atoms with E-state index in [1.165, 1.54) is 33.3 Å². The zero-order valence-corrected chi connectivity index (χ0v) is 20.0. The van der Waals surface area contributed by atoms with E-state index < -0.39 is 0 Å². The number of benzene rings is 2. The second kappa shape index (κ2) is 9.58. The summed E-state index contributed by atoms with van der Waals surface area (Å²) < 4.78 is 7.15. The highest BCUT2D eigenvalue weighted by Crippen LogP contribution is 2.39. The predicted octanol–water partition coefficient (Wildman–Crippen LogP) is 5.57. The van der Waals surface area contributed by atoms with Crippen molar-refractivity contribution >= 4 is 34.7 Å². The van der Waals surface area contributed by atoms with E-state index in [2.05, 4.69) is 59.0 Å². The van der Waals surface area contributed by atoms with E-state index in [0.29, 0.717) is 16.6 Å². The summed E-state index contributed by atoms with van der Waals surface area (Å²) in [6.45, 7) is 4.21. The number of nitrogens with zero attached hydrogens (tertiary/aromatic N) is 3. The number of aryl methyl sites for hydroxylation is 2. The lowest BCUT2D eigenvalue weighted by molar-refractivity contribution is -0.113. The first-order valence-corrected chi connectivity index (χ1v) is 11.9. The number of rotatable bonds is 7. The second-order valence-corrected chi connectivity index (χ2v) is 9.41. The molecule has 0 aliphatic carbocycles. The van der Waals surface area contributed by atoms with Gasteiger partial charge < -0.3 is 14.6 Å². The molecule has 0 aliphatic heterocycles. The molecule has 2 aromatic heterocycles. The van der Waals surface area contributed by atoms with Crippen molar-refractivity contribution in [2.45, 2.75) is 19.0 Å². The van der Waals surface area contributed by atoms with E-state index in [9.17, 15) is 4.79 Å². The molecule has 4 rings (SSSR count). The van der Waals surface area contributed by atoms with Crippen LogP contribution in [0.15, 0.2) is 59.1 Å². The summed E-state index contributed by atoms with van der Waals surface area (Å²) in [6, 6.07) is 15.8. The van der Waals surface area contributed by atoms with Gasteiger partial charge in [-0.1, -0.05) is 47.7 Å². The molecule has 164 valence electrons. The maximum Gasteiger partial charge on any atom is 0.234 e. The van der Waals surface area contributed by atoms with Crippen molar-refractivity contribution in [3.8, 4) is 28.3 Å². The predicted molar refractivity (Wildman–Crippen MR) is 132 cm³/mol. The maximum atomic E-state index is 12.4. The Balaban J connectivity index is 1.50. The molecule has 1 amide bonds. The highest BCUT2D eigenvalue weighted by atomic mass is 32.2. The molecule has 6 nitrogen and oxygen atoms in total. The molecule has 1 N–H and O–H groups in total. The van der Waals surface area contributed by atoms with Gasteiger partial charge in [0.15, 0.2) is 11.0 Å². The normalized spacial score (nSPS) is 10.9. The number of nitrogens with one attached hydrogen (secondary N) is 1. The van der Waals surface area contributed by atoms with Crippen molar-refractivity contribution in [3.63, 3.8) is 0 Å².